The van der Waals surface area contributed by atoms with Crippen LogP contribution in [0.3, 0.4) is 0 Å². The molecule has 0 aromatic carbocycles. The Bertz CT molecular complexity index is 519. The molecule has 0 radical (unpaired) electrons. The molecular weight excluding hydrogens is 260 g/mol. The number of sulfonamides is 1. The van der Waals surface area contributed by atoms with E-state index in [1.54, 1.807) is 6.92 Å². The molecule has 1 aromatic heterocycles. The van der Waals surface area contributed by atoms with E-state index in [4.69, 9.17) is 0 Å². The summed E-state index contributed by atoms with van der Waals surface area (Å²) in [5.74, 6) is 0. The number of aromatic amines is 1. The molecule has 1 heterocycles. The molecular formula is C10H16N2O5S. The molecule has 0 fully saturated rings. The van der Waals surface area contributed by atoms with Crippen LogP contribution in [0.2, 0.25) is 0 Å². The lowest BCUT2D eigenvalue weighted by atomic mass is 10.0. The molecule has 0 amide bonds. The van der Waals surface area contributed by atoms with Crippen molar-refractivity contribution in [2.24, 2.45) is 0 Å². The zero-order valence-corrected chi connectivity index (χ0v) is 10.7. The van der Waals surface area contributed by atoms with E-state index in [2.05, 4.69) is 9.71 Å². The molecule has 8 heteroatoms. The van der Waals surface area contributed by atoms with E-state index in [1.165, 1.54) is 0 Å². The van der Waals surface area contributed by atoms with Gasteiger partial charge in [-0.05, 0) is 12.5 Å². The molecule has 0 aliphatic heterocycles. The zero-order valence-electron chi connectivity index (χ0n) is 9.88. The first-order valence-corrected chi connectivity index (χ1v) is 6.82. The number of nitrogens with one attached hydrogen (secondary N) is 2. The van der Waals surface area contributed by atoms with Crippen molar-refractivity contribution in [2.75, 3.05) is 13.2 Å². The van der Waals surface area contributed by atoms with Gasteiger partial charge < -0.3 is 15.2 Å². The highest BCUT2D eigenvalue weighted by molar-refractivity contribution is 7.89. The van der Waals surface area contributed by atoms with Crippen LogP contribution in [0.25, 0.3) is 0 Å². The molecule has 0 aliphatic rings. The van der Waals surface area contributed by atoms with Crippen molar-refractivity contribution in [2.45, 2.75) is 23.8 Å². The second-order valence-electron chi connectivity index (χ2n) is 3.94. The topological polar surface area (TPSA) is 119 Å². The summed E-state index contributed by atoms with van der Waals surface area (Å²) in [6.45, 7) is 0.590. The molecule has 18 heavy (non-hydrogen) atoms. The van der Waals surface area contributed by atoms with Gasteiger partial charge in [0, 0.05) is 12.3 Å². The van der Waals surface area contributed by atoms with E-state index in [0.29, 0.717) is 0 Å². The van der Waals surface area contributed by atoms with E-state index in [-0.39, 0.29) is 11.3 Å². The van der Waals surface area contributed by atoms with Crippen LogP contribution in [0.1, 0.15) is 13.3 Å². The predicted molar refractivity (Wildman–Crippen MR) is 64.6 cm³/mol. The van der Waals surface area contributed by atoms with Crippen molar-refractivity contribution >= 4 is 10.0 Å². The molecule has 0 saturated carbocycles. The minimum absolute atomic E-state index is 0.137. The summed E-state index contributed by atoms with van der Waals surface area (Å²) in [6, 6.07) is 2.23. The van der Waals surface area contributed by atoms with E-state index in [0.717, 1.165) is 18.3 Å². The summed E-state index contributed by atoms with van der Waals surface area (Å²) >= 11 is 0. The van der Waals surface area contributed by atoms with Crippen molar-refractivity contribution in [3.05, 3.63) is 28.7 Å². The number of pyridine rings is 1. The van der Waals surface area contributed by atoms with Crippen LogP contribution in [0.4, 0.5) is 0 Å². The Morgan fingerprint density at radius 3 is 2.33 bits per heavy atom. The Morgan fingerprint density at radius 2 is 1.94 bits per heavy atom. The maximum Gasteiger partial charge on any atom is 0.247 e. The maximum atomic E-state index is 12.0. The monoisotopic (exact) mass is 276 g/mol. The number of hydrogen-bond acceptors (Lipinski definition) is 5. The van der Waals surface area contributed by atoms with Crippen LogP contribution in [-0.2, 0) is 10.0 Å². The predicted octanol–water partition coefficient (Wildman–Crippen LogP) is -1.21. The fraction of sp³-hybridized carbons (Fsp3) is 0.500. The first kappa shape index (κ1) is 14.8. The average molecular weight is 276 g/mol. The molecule has 102 valence electrons. The van der Waals surface area contributed by atoms with E-state index in [1.807, 2.05) is 0 Å². The Labute approximate surface area is 105 Å². The molecule has 0 spiro atoms. The molecule has 1 rings (SSSR count). The lowest BCUT2D eigenvalue weighted by Gasteiger charge is -2.29. The van der Waals surface area contributed by atoms with Crippen LogP contribution >= 0.6 is 0 Å². The second-order valence-corrected chi connectivity index (χ2v) is 5.63. The SMILES string of the molecule is CCC(CO)(CO)NS(=O)(=O)c1ccc(=O)[nH]c1. The van der Waals surface area contributed by atoms with Crippen molar-refractivity contribution in [1.82, 2.24) is 9.71 Å². The summed E-state index contributed by atoms with van der Waals surface area (Å²) in [4.78, 5) is 13.0. The molecule has 0 bridgehead atoms. The number of hydrogen-bond donors (Lipinski definition) is 4. The lowest BCUT2D eigenvalue weighted by molar-refractivity contribution is 0.105. The number of aromatic nitrogens is 1. The fourth-order valence-electron chi connectivity index (χ4n) is 1.32. The average Bonchev–Trinajstić information content (AvgIpc) is 2.37. The van der Waals surface area contributed by atoms with Crippen LogP contribution in [0.5, 0.6) is 0 Å². The van der Waals surface area contributed by atoms with Gasteiger partial charge >= 0.3 is 0 Å². The first-order valence-electron chi connectivity index (χ1n) is 5.33. The molecule has 4 N–H and O–H groups in total. The highest BCUT2D eigenvalue weighted by Crippen LogP contribution is 2.14. The number of aliphatic hydroxyl groups excluding tert-OH is 2. The normalized spacial score (nSPS) is 12.6. The smallest absolute Gasteiger partial charge is 0.247 e. The third-order valence-electron chi connectivity index (χ3n) is 2.70. The van der Waals surface area contributed by atoms with Gasteiger partial charge in [0.1, 0.15) is 0 Å². The summed E-state index contributed by atoms with van der Waals surface area (Å²) in [5, 5.41) is 18.4. The summed E-state index contributed by atoms with van der Waals surface area (Å²) in [7, 11) is -3.91. The van der Waals surface area contributed by atoms with Crippen LogP contribution in [0.15, 0.2) is 28.0 Å². The Kier molecular flexibility index (Phi) is 4.63. The van der Waals surface area contributed by atoms with Gasteiger partial charge in [0.15, 0.2) is 0 Å². The minimum atomic E-state index is -3.91. The summed E-state index contributed by atoms with van der Waals surface area (Å²) in [5.41, 5.74) is -1.73. The molecule has 7 nitrogen and oxygen atoms in total. The van der Waals surface area contributed by atoms with Crippen LogP contribution in [-0.4, -0.2) is 42.4 Å². The second kappa shape index (κ2) is 5.61. The molecule has 0 saturated heterocycles. The van der Waals surface area contributed by atoms with Crippen molar-refractivity contribution in [3.8, 4) is 0 Å². The van der Waals surface area contributed by atoms with E-state index >= 15 is 0 Å². The Hall–Kier alpha value is -1.22. The highest BCUT2D eigenvalue weighted by atomic mass is 32.2. The minimum Gasteiger partial charge on any atom is -0.394 e. The number of H-pyrrole nitrogens is 1. The standard InChI is InChI=1S/C10H16N2O5S/c1-2-10(6-13,7-14)12-18(16,17)8-3-4-9(15)11-5-8/h3-5,12-14H,2,6-7H2,1H3,(H,11,15). The highest BCUT2D eigenvalue weighted by Gasteiger charge is 2.32. The molecule has 0 unspecified atom stereocenters. The molecule has 0 atom stereocenters. The lowest BCUT2D eigenvalue weighted by Crippen LogP contribution is -2.53. The Morgan fingerprint density at radius 1 is 1.33 bits per heavy atom. The van der Waals surface area contributed by atoms with Gasteiger partial charge in [-0.3, -0.25) is 4.79 Å². The molecule has 0 aliphatic carbocycles. The fourth-order valence-corrected chi connectivity index (χ4v) is 2.74. The first-order chi connectivity index (χ1) is 8.39. The third-order valence-corrected chi connectivity index (χ3v) is 4.28. The number of rotatable bonds is 6. The number of aliphatic hydroxyl groups is 2. The zero-order chi connectivity index (χ0) is 13.8. The van der Waals surface area contributed by atoms with Gasteiger partial charge in [-0.1, -0.05) is 6.92 Å². The van der Waals surface area contributed by atoms with Gasteiger partial charge in [-0.2, -0.15) is 0 Å². The summed E-state index contributed by atoms with van der Waals surface area (Å²) in [6.07, 6.45) is 1.28. The van der Waals surface area contributed by atoms with Crippen LogP contribution in [0, 0.1) is 0 Å². The van der Waals surface area contributed by atoms with Crippen LogP contribution < -0.4 is 10.3 Å². The van der Waals surface area contributed by atoms with Gasteiger partial charge in [-0.25, -0.2) is 13.1 Å². The van der Waals surface area contributed by atoms with Crippen molar-refractivity contribution in [3.63, 3.8) is 0 Å². The summed E-state index contributed by atoms with van der Waals surface area (Å²) < 4.78 is 26.2. The largest absolute Gasteiger partial charge is 0.394 e. The quantitative estimate of drug-likeness (QED) is 0.519. The van der Waals surface area contributed by atoms with Gasteiger partial charge in [0.05, 0.1) is 23.6 Å². The van der Waals surface area contributed by atoms with Gasteiger partial charge in [0.2, 0.25) is 15.6 Å². The third kappa shape index (κ3) is 3.16. The van der Waals surface area contributed by atoms with Gasteiger partial charge in [-0.15, -0.1) is 0 Å². The van der Waals surface area contributed by atoms with Gasteiger partial charge in [0.25, 0.3) is 0 Å². The van der Waals surface area contributed by atoms with Crippen molar-refractivity contribution in [1.29, 1.82) is 0 Å². The van der Waals surface area contributed by atoms with E-state index < -0.39 is 34.3 Å². The van der Waals surface area contributed by atoms with E-state index in [9.17, 15) is 23.4 Å². The maximum absolute atomic E-state index is 12.0. The Balaban J connectivity index is 3.08. The van der Waals surface area contributed by atoms with Crippen molar-refractivity contribution < 1.29 is 18.6 Å². The molecule has 1 aromatic rings.